The van der Waals surface area contributed by atoms with Gasteiger partial charge < -0.3 is 9.84 Å². The minimum absolute atomic E-state index is 0.0422. The lowest BCUT2D eigenvalue weighted by Gasteiger charge is -2.14. The fourth-order valence-electron chi connectivity index (χ4n) is 2.70. The van der Waals surface area contributed by atoms with Crippen LogP contribution in [0.4, 0.5) is 0 Å². The van der Waals surface area contributed by atoms with Crippen LogP contribution in [0.25, 0.3) is 11.1 Å². The fraction of sp³-hybridized carbons (Fsp3) is 0.211. The molecule has 5 heteroatoms. The van der Waals surface area contributed by atoms with Crippen LogP contribution in [-0.4, -0.2) is 20.3 Å². The third-order valence-electron chi connectivity index (χ3n) is 4.01. The first-order valence-corrected chi connectivity index (χ1v) is 7.70. The maximum Gasteiger partial charge on any atom is 0.234 e. The molecule has 0 fully saturated rings. The van der Waals surface area contributed by atoms with Gasteiger partial charge in [0.1, 0.15) is 5.75 Å². The third kappa shape index (κ3) is 2.93. The highest BCUT2D eigenvalue weighted by atomic mass is 16.5. The molecule has 0 aliphatic heterocycles. The van der Waals surface area contributed by atoms with Crippen LogP contribution in [0.3, 0.4) is 0 Å². The lowest BCUT2D eigenvalue weighted by atomic mass is 9.96. The van der Waals surface area contributed by atoms with Crippen LogP contribution < -0.4 is 4.74 Å². The third-order valence-corrected chi connectivity index (χ3v) is 4.01. The Morgan fingerprint density at radius 2 is 1.75 bits per heavy atom. The zero-order valence-corrected chi connectivity index (χ0v) is 14.2. The van der Waals surface area contributed by atoms with Gasteiger partial charge in [0.25, 0.3) is 0 Å². The van der Waals surface area contributed by atoms with Gasteiger partial charge in [-0.2, -0.15) is 5.10 Å². The van der Waals surface area contributed by atoms with Crippen LogP contribution in [0.1, 0.15) is 22.4 Å². The first-order chi connectivity index (χ1) is 11.5. The monoisotopic (exact) mass is 321 g/mol. The molecule has 0 atom stereocenters. The molecule has 0 aliphatic carbocycles. The van der Waals surface area contributed by atoms with E-state index in [1.807, 2.05) is 58.0 Å². The highest BCUT2D eigenvalue weighted by Gasteiger charge is 2.14. The first-order valence-electron chi connectivity index (χ1n) is 7.70. The highest BCUT2D eigenvalue weighted by molar-refractivity contribution is 5.74. The topological polar surface area (TPSA) is 68.1 Å². The van der Waals surface area contributed by atoms with E-state index in [1.165, 1.54) is 0 Å². The largest absolute Gasteiger partial charge is 0.492 e. The van der Waals surface area contributed by atoms with E-state index in [2.05, 4.69) is 15.2 Å². The molecule has 3 rings (SSSR count). The Morgan fingerprint density at radius 1 is 0.958 bits per heavy atom. The predicted octanol–water partition coefficient (Wildman–Crippen LogP) is 4.27. The van der Waals surface area contributed by atoms with Crippen molar-refractivity contribution in [1.29, 1.82) is 0 Å². The number of aromatic nitrogens is 3. The summed E-state index contributed by atoms with van der Waals surface area (Å²) in [7, 11) is 0. The van der Waals surface area contributed by atoms with Gasteiger partial charge >= 0.3 is 0 Å². The van der Waals surface area contributed by atoms with Crippen LogP contribution in [-0.2, 0) is 0 Å². The van der Waals surface area contributed by atoms with E-state index >= 15 is 0 Å². The summed E-state index contributed by atoms with van der Waals surface area (Å²) in [4.78, 5) is 4.25. The number of aryl methyl sites for hydroxylation is 3. The normalized spacial score (nSPS) is 10.7. The number of aromatic hydroxyl groups is 1. The van der Waals surface area contributed by atoms with E-state index in [4.69, 9.17) is 4.74 Å². The van der Waals surface area contributed by atoms with Gasteiger partial charge in [0.2, 0.25) is 11.8 Å². The first kappa shape index (κ1) is 15.9. The van der Waals surface area contributed by atoms with E-state index in [-0.39, 0.29) is 5.88 Å². The summed E-state index contributed by atoms with van der Waals surface area (Å²) in [6.07, 6.45) is 1.71. The van der Waals surface area contributed by atoms with Crippen molar-refractivity contribution in [2.45, 2.75) is 27.7 Å². The Labute approximate surface area is 141 Å². The Hall–Kier alpha value is -2.95. The van der Waals surface area contributed by atoms with Gasteiger partial charge in [0, 0.05) is 22.9 Å². The lowest BCUT2D eigenvalue weighted by molar-refractivity contribution is 0.440. The van der Waals surface area contributed by atoms with Gasteiger partial charge in [-0.15, -0.1) is 5.10 Å². The number of ether oxygens (including phenoxy) is 1. The van der Waals surface area contributed by atoms with Crippen LogP contribution in [0.5, 0.6) is 17.5 Å². The second-order valence-corrected chi connectivity index (χ2v) is 5.81. The summed E-state index contributed by atoms with van der Waals surface area (Å²) < 4.78 is 5.88. The summed E-state index contributed by atoms with van der Waals surface area (Å²) in [5, 5.41) is 17.6. The Balaban J connectivity index is 2.00. The lowest BCUT2D eigenvalue weighted by Crippen LogP contribution is -1.98. The summed E-state index contributed by atoms with van der Waals surface area (Å²) in [5.41, 5.74) is 5.41. The van der Waals surface area contributed by atoms with Gasteiger partial charge in [-0.1, -0.05) is 12.1 Å². The summed E-state index contributed by atoms with van der Waals surface area (Å²) in [6.45, 7) is 7.69. The van der Waals surface area contributed by atoms with Crippen LogP contribution >= 0.6 is 0 Å². The fourth-order valence-corrected chi connectivity index (χ4v) is 2.70. The number of hydrogen-bond donors (Lipinski definition) is 1. The molecular weight excluding hydrogens is 302 g/mol. The molecule has 0 radical (unpaired) electrons. The SMILES string of the molecule is Cc1cc(Oc2ncccc2C)ccc1-c1c(C)nnc(O)c1C. The number of nitrogens with zero attached hydrogens (tertiary/aromatic N) is 3. The van der Waals surface area contributed by atoms with Crippen molar-refractivity contribution in [2.75, 3.05) is 0 Å². The van der Waals surface area contributed by atoms with Gasteiger partial charge in [-0.05, 0) is 57.0 Å². The number of rotatable bonds is 3. The van der Waals surface area contributed by atoms with Crippen LogP contribution in [0.2, 0.25) is 0 Å². The molecule has 122 valence electrons. The molecular formula is C19H19N3O2. The van der Waals surface area contributed by atoms with Crippen LogP contribution in [0, 0.1) is 27.7 Å². The van der Waals surface area contributed by atoms with E-state index in [0.29, 0.717) is 5.88 Å². The maximum atomic E-state index is 9.85. The average Bonchev–Trinajstić information content (AvgIpc) is 2.55. The molecule has 0 spiro atoms. The molecule has 2 heterocycles. The number of pyridine rings is 1. The minimum Gasteiger partial charge on any atom is -0.492 e. The molecule has 1 N–H and O–H groups in total. The zero-order chi connectivity index (χ0) is 17.3. The zero-order valence-electron chi connectivity index (χ0n) is 14.2. The number of benzene rings is 1. The Morgan fingerprint density at radius 3 is 2.46 bits per heavy atom. The van der Waals surface area contributed by atoms with Gasteiger partial charge in [-0.25, -0.2) is 4.98 Å². The molecule has 5 nitrogen and oxygen atoms in total. The molecule has 1 aromatic carbocycles. The molecule has 24 heavy (non-hydrogen) atoms. The van der Waals surface area contributed by atoms with Gasteiger partial charge in [-0.3, -0.25) is 0 Å². The predicted molar refractivity (Wildman–Crippen MR) is 92.4 cm³/mol. The smallest absolute Gasteiger partial charge is 0.234 e. The summed E-state index contributed by atoms with van der Waals surface area (Å²) in [6, 6.07) is 9.67. The van der Waals surface area contributed by atoms with Crippen molar-refractivity contribution in [1.82, 2.24) is 15.2 Å². The van der Waals surface area contributed by atoms with E-state index < -0.39 is 0 Å². The maximum absolute atomic E-state index is 9.85. The molecule has 2 aromatic heterocycles. The minimum atomic E-state index is -0.0422. The summed E-state index contributed by atoms with van der Waals surface area (Å²) >= 11 is 0. The second-order valence-electron chi connectivity index (χ2n) is 5.81. The second kappa shape index (κ2) is 6.28. The van der Waals surface area contributed by atoms with Crippen molar-refractivity contribution >= 4 is 0 Å². The molecule has 0 aliphatic rings. The molecule has 0 saturated heterocycles. The van der Waals surface area contributed by atoms with E-state index in [9.17, 15) is 5.11 Å². The Kier molecular flexibility index (Phi) is 4.16. The van der Waals surface area contributed by atoms with Gasteiger partial charge in [0.15, 0.2) is 0 Å². The Bertz CT molecular complexity index is 907. The van der Waals surface area contributed by atoms with Crippen molar-refractivity contribution < 1.29 is 9.84 Å². The molecule has 0 amide bonds. The molecule has 0 unspecified atom stereocenters. The van der Waals surface area contributed by atoms with Crippen molar-refractivity contribution in [2.24, 2.45) is 0 Å². The number of hydrogen-bond acceptors (Lipinski definition) is 5. The highest BCUT2D eigenvalue weighted by Crippen LogP contribution is 2.34. The quantitative estimate of drug-likeness (QED) is 0.780. The average molecular weight is 321 g/mol. The van der Waals surface area contributed by atoms with E-state index in [0.717, 1.165) is 39.3 Å². The molecule has 0 saturated carbocycles. The van der Waals surface area contributed by atoms with Crippen LogP contribution in [0.15, 0.2) is 36.5 Å². The standard InChI is InChI=1S/C19H19N3O2/c1-11-6-5-9-20-19(11)24-15-7-8-16(12(2)10-15)17-13(3)18(23)22-21-14(17)4/h5-10H,1-4H3,(H,22,23). The van der Waals surface area contributed by atoms with Crippen molar-refractivity contribution in [3.63, 3.8) is 0 Å². The molecule has 3 aromatic rings. The van der Waals surface area contributed by atoms with E-state index in [1.54, 1.807) is 6.20 Å². The molecule has 0 bridgehead atoms. The van der Waals surface area contributed by atoms with Crippen molar-refractivity contribution in [3.8, 4) is 28.6 Å². The van der Waals surface area contributed by atoms with Crippen molar-refractivity contribution in [3.05, 3.63) is 58.9 Å². The summed E-state index contributed by atoms with van der Waals surface area (Å²) in [5.74, 6) is 1.28. The van der Waals surface area contributed by atoms with Gasteiger partial charge in [0.05, 0.1) is 5.69 Å².